The highest BCUT2D eigenvalue weighted by atomic mass is 19.1. The molecule has 3 N–H and O–H groups in total. The van der Waals surface area contributed by atoms with Crippen LogP contribution in [0.1, 0.15) is 57.1 Å². The first-order valence-electron chi connectivity index (χ1n) is 9.00. The zero-order valence-electron chi connectivity index (χ0n) is 14.1. The second-order valence-electron chi connectivity index (χ2n) is 7.33. The van der Waals surface area contributed by atoms with E-state index in [1.165, 1.54) is 18.6 Å². The molecule has 2 fully saturated rings. The Morgan fingerprint density at radius 3 is 2.54 bits per heavy atom. The third-order valence-electron chi connectivity index (χ3n) is 5.85. The first kappa shape index (κ1) is 17.3. The lowest BCUT2D eigenvalue weighted by atomic mass is 9.65. The number of rotatable bonds is 4. The molecule has 0 saturated heterocycles. The smallest absolute Gasteiger partial charge is 0.223 e. The summed E-state index contributed by atoms with van der Waals surface area (Å²) in [6, 6.07) is 3.32. The minimum absolute atomic E-state index is 0.0191. The highest BCUT2D eigenvalue weighted by Crippen LogP contribution is 2.42. The zero-order chi connectivity index (χ0) is 17.3. The molecule has 1 aromatic carbocycles. The van der Waals surface area contributed by atoms with Gasteiger partial charge in [0, 0.05) is 23.6 Å². The van der Waals surface area contributed by atoms with E-state index < -0.39 is 17.7 Å². The van der Waals surface area contributed by atoms with Crippen molar-refractivity contribution in [2.75, 3.05) is 0 Å². The summed E-state index contributed by atoms with van der Waals surface area (Å²) >= 11 is 0. The summed E-state index contributed by atoms with van der Waals surface area (Å²) < 4.78 is 27.1. The van der Waals surface area contributed by atoms with Crippen molar-refractivity contribution in [1.82, 2.24) is 5.32 Å². The van der Waals surface area contributed by atoms with Crippen LogP contribution >= 0.6 is 0 Å². The van der Waals surface area contributed by atoms with E-state index in [0.29, 0.717) is 23.8 Å². The maximum atomic E-state index is 14.0. The second kappa shape index (κ2) is 7.18. The van der Waals surface area contributed by atoms with Crippen LogP contribution in [0, 0.1) is 29.4 Å². The average Bonchev–Trinajstić information content (AvgIpc) is 2.52. The van der Waals surface area contributed by atoms with Crippen molar-refractivity contribution in [1.29, 1.82) is 0 Å². The van der Waals surface area contributed by atoms with Crippen LogP contribution in [-0.2, 0) is 4.79 Å². The summed E-state index contributed by atoms with van der Waals surface area (Å²) in [7, 11) is 0. The van der Waals surface area contributed by atoms with Gasteiger partial charge in [0.15, 0.2) is 0 Å². The molecule has 0 aromatic heterocycles. The molecule has 1 aromatic rings. The van der Waals surface area contributed by atoms with Crippen LogP contribution in [0.25, 0.3) is 0 Å². The molecule has 0 heterocycles. The summed E-state index contributed by atoms with van der Waals surface area (Å²) in [5.41, 5.74) is 6.63. The van der Waals surface area contributed by atoms with E-state index in [4.69, 9.17) is 5.73 Å². The summed E-state index contributed by atoms with van der Waals surface area (Å²) in [5, 5.41) is 2.97. The van der Waals surface area contributed by atoms with Crippen LogP contribution in [0.15, 0.2) is 18.2 Å². The Bertz CT molecular complexity index is 593. The van der Waals surface area contributed by atoms with Crippen LogP contribution in [-0.4, -0.2) is 11.9 Å². The monoisotopic (exact) mass is 336 g/mol. The average molecular weight is 336 g/mol. The van der Waals surface area contributed by atoms with E-state index in [-0.39, 0.29) is 17.9 Å². The normalized spacial score (nSPS) is 30.7. The lowest BCUT2D eigenvalue weighted by Gasteiger charge is -2.43. The summed E-state index contributed by atoms with van der Waals surface area (Å²) in [6.07, 6.45) is 5.62. The number of hydrogen-bond acceptors (Lipinski definition) is 2. The molecule has 2 aliphatic rings. The molecule has 1 amide bonds. The van der Waals surface area contributed by atoms with Gasteiger partial charge in [-0.05, 0) is 50.0 Å². The molecule has 0 radical (unpaired) electrons. The fraction of sp³-hybridized carbons (Fsp3) is 0.632. The Labute approximate surface area is 142 Å². The predicted octanol–water partition coefficient (Wildman–Crippen LogP) is 3.69. The maximum Gasteiger partial charge on any atom is 0.223 e. The van der Waals surface area contributed by atoms with E-state index >= 15 is 0 Å². The zero-order valence-corrected chi connectivity index (χ0v) is 14.1. The highest BCUT2D eigenvalue weighted by molar-refractivity contribution is 5.79. The summed E-state index contributed by atoms with van der Waals surface area (Å²) in [6.45, 7) is 1.89. The van der Waals surface area contributed by atoms with Crippen molar-refractivity contribution in [3.05, 3.63) is 35.4 Å². The Morgan fingerprint density at radius 1 is 1.29 bits per heavy atom. The van der Waals surface area contributed by atoms with Crippen molar-refractivity contribution >= 4 is 5.91 Å². The molecule has 24 heavy (non-hydrogen) atoms. The number of halogens is 2. The number of carbonyl (C=O) groups excluding carboxylic acids is 1. The predicted molar refractivity (Wildman–Crippen MR) is 89.1 cm³/mol. The number of fused-ring (bicyclic) bond motifs is 2. The molecule has 0 spiro atoms. The summed E-state index contributed by atoms with van der Waals surface area (Å²) in [5.74, 6) is -0.421. The standard InChI is InChI=1S/C19H26F2N2O/c1-2-17(15-7-6-14(20)10-16(15)21)23-19(24)13-8-11-4-3-5-12(9-13)18(11)22/h6-7,10-13,17-18H,2-5,8-9,22H2,1H3,(H,23,24). The number of nitrogens with two attached hydrogens (primary N) is 1. The molecule has 132 valence electrons. The molecule has 3 rings (SSSR count). The minimum Gasteiger partial charge on any atom is -0.349 e. The highest BCUT2D eigenvalue weighted by Gasteiger charge is 2.40. The van der Waals surface area contributed by atoms with Gasteiger partial charge in [0.25, 0.3) is 0 Å². The van der Waals surface area contributed by atoms with Gasteiger partial charge < -0.3 is 11.1 Å². The van der Waals surface area contributed by atoms with Crippen molar-refractivity contribution in [3.8, 4) is 0 Å². The number of benzene rings is 1. The molecule has 2 saturated carbocycles. The van der Waals surface area contributed by atoms with Crippen LogP contribution in [0.3, 0.4) is 0 Å². The fourth-order valence-corrected chi connectivity index (χ4v) is 4.48. The van der Waals surface area contributed by atoms with Gasteiger partial charge in [0.05, 0.1) is 6.04 Å². The molecule has 3 nitrogen and oxygen atoms in total. The molecule has 2 bridgehead atoms. The van der Waals surface area contributed by atoms with Gasteiger partial charge in [-0.15, -0.1) is 0 Å². The van der Waals surface area contributed by atoms with E-state index in [2.05, 4.69) is 5.32 Å². The molecular weight excluding hydrogens is 310 g/mol. The van der Waals surface area contributed by atoms with Gasteiger partial charge in [0.2, 0.25) is 5.91 Å². The summed E-state index contributed by atoms with van der Waals surface area (Å²) in [4.78, 5) is 12.7. The van der Waals surface area contributed by atoms with Crippen molar-refractivity contribution in [2.24, 2.45) is 23.5 Å². The fourth-order valence-electron chi connectivity index (χ4n) is 4.48. The van der Waals surface area contributed by atoms with Crippen LogP contribution < -0.4 is 11.1 Å². The molecule has 5 heteroatoms. The van der Waals surface area contributed by atoms with Crippen molar-refractivity contribution in [3.63, 3.8) is 0 Å². The Balaban J connectivity index is 1.69. The van der Waals surface area contributed by atoms with Gasteiger partial charge in [-0.25, -0.2) is 8.78 Å². The van der Waals surface area contributed by atoms with Crippen LogP contribution in [0.2, 0.25) is 0 Å². The quantitative estimate of drug-likeness (QED) is 0.881. The topological polar surface area (TPSA) is 55.1 Å². The van der Waals surface area contributed by atoms with Gasteiger partial charge >= 0.3 is 0 Å². The van der Waals surface area contributed by atoms with E-state index in [1.807, 2.05) is 6.92 Å². The first-order valence-corrected chi connectivity index (χ1v) is 9.00. The van der Waals surface area contributed by atoms with Crippen LogP contribution in [0.5, 0.6) is 0 Å². The lowest BCUT2D eigenvalue weighted by Crippen LogP contribution is -2.49. The minimum atomic E-state index is -0.607. The molecule has 3 atom stereocenters. The largest absolute Gasteiger partial charge is 0.349 e. The Hall–Kier alpha value is -1.49. The third-order valence-corrected chi connectivity index (χ3v) is 5.85. The van der Waals surface area contributed by atoms with Gasteiger partial charge in [-0.2, -0.15) is 0 Å². The number of hydrogen-bond donors (Lipinski definition) is 2. The van der Waals surface area contributed by atoms with E-state index in [0.717, 1.165) is 31.7 Å². The molecule has 0 aliphatic heterocycles. The van der Waals surface area contributed by atoms with Crippen LogP contribution in [0.4, 0.5) is 8.78 Å². The lowest BCUT2D eigenvalue weighted by molar-refractivity contribution is -0.128. The second-order valence-corrected chi connectivity index (χ2v) is 7.33. The first-order chi connectivity index (χ1) is 11.5. The number of nitrogens with one attached hydrogen (secondary N) is 1. The SMILES string of the molecule is CCC(NC(=O)C1CC2CCCC(C1)C2N)c1ccc(F)cc1F. The van der Waals surface area contributed by atoms with E-state index in [1.54, 1.807) is 0 Å². The molecular formula is C19H26F2N2O. The van der Waals surface area contributed by atoms with Gasteiger partial charge in [-0.3, -0.25) is 4.79 Å². The molecule has 2 aliphatic carbocycles. The van der Waals surface area contributed by atoms with Crippen molar-refractivity contribution in [2.45, 2.75) is 57.5 Å². The van der Waals surface area contributed by atoms with Crippen molar-refractivity contribution < 1.29 is 13.6 Å². The third kappa shape index (κ3) is 3.46. The Morgan fingerprint density at radius 2 is 1.96 bits per heavy atom. The molecule has 3 unspecified atom stereocenters. The van der Waals surface area contributed by atoms with Gasteiger partial charge in [-0.1, -0.05) is 19.4 Å². The number of amides is 1. The van der Waals surface area contributed by atoms with E-state index in [9.17, 15) is 13.6 Å². The number of carbonyl (C=O) groups is 1. The Kier molecular flexibility index (Phi) is 5.18. The van der Waals surface area contributed by atoms with Gasteiger partial charge in [0.1, 0.15) is 11.6 Å². The maximum absolute atomic E-state index is 14.0.